The van der Waals surface area contributed by atoms with Crippen molar-refractivity contribution in [3.05, 3.63) is 59.2 Å². The third-order valence-electron chi connectivity index (χ3n) is 4.07. The average molecular weight is 302 g/mol. The van der Waals surface area contributed by atoms with Crippen LogP contribution >= 0.6 is 0 Å². The van der Waals surface area contributed by atoms with Gasteiger partial charge < -0.3 is 14.2 Å². The van der Waals surface area contributed by atoms with Gasteiger partial charge in [0.2, 0.25) is 0 Å². The van der Waals surface area contributed by atoms with Crippen LogP contribution in [0.25, 0.3) is 0 Å². The Hall–Kier alpha value is -2.14. The van der Waals surface area contributed by atoms with E-state index in [0.717, 1.165) is 11.3 Å². The first-order valence-electron chi connectivity index (χ1n) is 7.34. The van der Waals surface area contributed by atoms with Crippen molar-refractivity contribution in [1.29, 1.82) is 0 Å². The van der Waals surface area contributed by atoms with Crippen LogP contribution in [0, 0.1) is 12.7 Å². The number of halogens is 1. The largest absolute Gasteiger partial charge is 0.377 e. The molecular formula is C17H19FN2O2. The van der Waals surface area contributed by atoms with Gasteiger partial charge in [-0.25, -0.2) is 4.39 Å². The van der Waals surface area contributed by atoms with Crippen LogP contribution in [0.4, 0.5) is 4.39 Å². The number of hydrogen-bond donors (Lipinski definition) is 0. The van der Waals surface area contributed by atoms with Crippen LogP contribution in [0.3, 0.4) is 0 Å². The fourth-order valence-electron chi connectivity index (χ4n) is 2.87. The van der Waals surface area contributed by atoms with Crippen LogP contribution in [-0.2, 0) is 11.8 Å². The predicted molar refractivity (Wildman–Crippen MR) is 81.1 cm³/mol. The summed E-state index contributed by atoms with van der Waals surface area (Å²) in [5, 5.41) is 0. The minimum atomic E-state index is -0.479. The Morgan fingerprint density at radius 3 is 2.91 bits per heavy atom. The number of morpholine rings is 1. The minimum absolute atomic E-state index is 0.126. The van der Waals surface area contributed by atoms with Gasteiger partial charge in [-0.05, 0) is 31.2 Å². The molecule has 1 atom stereocenters. The number of aromatic nitrogens is 1. The smallest absolute Gasteiger partial charge is 0.257 e. The Balaban J connectivity index is 1.95. The summed E-state index contributed by atoms with van der Waals surface area (Å²) in [7, 11) is 1.93. The van der Waals surface area contributed by atoms with E-state index in [4.69, 9.17) is 4.74 Å². The average Bonchev–Trinajstić information content (AvgIpc) is 2.95. The van der Waals surface area contributed by atoms with E-state index >= 15 is 0 Å². The molecule has 1 aliphatic heterocycles. The van der Waals surface area contributed by atoms with Crippen LogP contribution in [0.1, 0.15) is 27.7 Å². The van der Waals surface area contributed by atoms with Crippen molar-refractivity contribution in [3.63, 3.8) is 0 Å². The lowest BCUT2D eigenvalue weighted by Gasteiger charge is -2.36. The van der Waals surface area contributed by atoms with Gasteiger partial charge >= 0.3 is 0 Å². The molecule has 0 radical (unpaired) electrons. The van der Waals surface area contributed by atoms with Crippen LogP contribution in [0.15, 0.2) is 36.5 Å². The number of hydrogen-bond acceptors (Lipinski definition) is 2. The molecule has 22 heavy (non-hydrogen) atoms. The number of rotatable bonds is 2. The molecule has 2 aromatic rings. The molecule has 116 valence electrons. The summed E-state index contributed by atoms with van der Waals surface area (Å²) in [5.41, 5.74) is 1.98. The van der Waals surface area contributed by atoms with E-state index < -0.39 is 5.82 Å². The first-order valence-corrected chi connectivity index (χ1v) is 7.34. The van der Waals surface area contributed by atoms with Crippen molar-refractivity contribution in [1.82, 2.24) is 9.47 Å². The fourth-order valence-corrected chi connectivity index (χ4v) is 2.87. The van der Waals surface area contributed by atoms with Crippen LogP contribution in [0.2, 0.25) is 0 Å². The second-order valence-electron chi connectivity index (χ2n) is 5.62. The number of benzene rings is 1. The van der Waals surface area contributed by atoms with Gasteiger partial charge in [-0.2, -0.15) is 0 Å². The highest BCUT2D eigenvalue weighted by atomic mass is 19.1. The maximum atomic E-state index is 14.0. The van der Waals surface area contributed by atoms with Gasteiger partial charge in [-0.3, -0.25) is 4.79 Å². The second-order valence-corrected chi connectivity index (χ2v) is 5.62. The van der Waals surface area contributed by atoms with E-state index in [1.165, 1.54) is 6.07 Å². The highest BCUT2D eigenvalue weighted by Gasteiger charge is 2.31. The molecule has 0 N–H and O–H groups in total. The lowest BCUT2D eigenvalue weighted by molar-refractivity contribution is -0.00487. The molecule has 1 amide bonds. The fraction of sp³-hybridized carbons (Fsp3) is 0.353. The van der Waals surface area contributed by atoms with Gasteiger partial charge in [-0.15, -0.1) is 0 Å². The van der Waals surface area contributed by atoms with E-state index in [2.05, 4.69) is 0 Å². The Kier molecular flexibility index (Phi) is 3.98. The normalized spacial score (nSPS) is 18.5. The molecule has 3 rings (SSSR count). The van der Waals surface area contributed by atoms with Gasteiger partial charge in [0.1, 0.15) is 5.82 Å². The molecule has 0 spiro atoms. The lowest BCUT2D eigenvalue weighted by atomic mass is 10.1. The topological polar surface area (TPSA) is 34.5 Å². The zero-order valence-corrected chi connectivity index (χ0v) is 12.8. The van der Waals surface area contributed by atoms with Crippen molar-refractivity contribution in [3.8, 4) is 0 Å². The summed E-state index contributed by atoms with van der Waals surface area (Å²) in [6, 6.07) is 8.32. The number of aryl methyl sites for hydroxylation is 2. The Bertz CT molecular complexity index is 696. The summed E-state index contributed by atoms with van der Waals surface area (Å²) in [5.74, 6) is -0.761. The molecule has 2 heterocycles. The Labute approximate surface area is 129 Å². The summed E-state index contributed by atoms with van der Waals surface area (Å²) in [6.07, 6.45) is 1.93. The SMILES string of the molecule is Cc1ccc(F)c(C(=O)N2CCOC[C@@H]2c2cccn2C)c1. The first kappa shape index (κ1) is 14.8. The highest BCUT2D eigenvalue weighted by Crippen LogP contribution is 2.27. The maximum Gasteiger partial charge on any atom is 0.257 e. The minimum Gasteiger partial charge on any atom is -0.377 e. The quantitative estimate of drug-likeness (QED) is 0.855. The van der Waals surface area contributed by atoms with E-state index in [-0.39, 0.29) is 17.5 Å². The Morgan fingerprint density at radius 1 is 1.36 bits per heavy atom. The van der Waals surface area contributed by atoms with Crippen LogP contribution in [0.5, 0.6) is 0 Å². The van der Waals surface area contributed by atoms with Gasteiger partial charge in [0.25, 0.3) is 5.91 Å². The van der Waals surface area contributed by atoms with Gasteiger partial charge in [0.15, 0.2) is 0 Å². The number of carbonyl (C=O) groups excluding carboxylic acids is 1. The summed E-state index contributed by atoms with van der Waals surface area (Å²) in [6.45, 7) is 3.21. The highest BCUT2D eigenvalue weighted by molar-refractivity contribution is 5.95. The Morgan fingerprint density at radius 2 is 2.18 bits per heavy atom. The molecule has 0 saturated carbocycles. The maximum absolute atomic E-state index is 14.0. The van der Waals surface area contributed by atoms with Gasteiger partial charge in [-0.1, -0.05) is 11.6 Å². The van der Waals surface area contributed by atoms with Crippen molar-refractivity contribution < 1.29 is 13.9 Å². The summed E-state index contributed by atoms with van der Waals surface area (Å²) < 4.78 is 21.5. The molecule has 0 aliphatic carbocycles. The van der Waals surface area contributed by atoms with Crippen molar-refractivity contribution >= 4 is 5.91 Å². The monoisotopic (exact) mass is 302 g/mol. The van der Waals surface area contributed by atoms with Gasteiger partial charge in [0, 0.05) is 25.5 Å². The van der Waals surface area contributed by atoms with Crippen LogP contribution in [-0.4, -0.2) is 35.1 Å². The molecule has 1 fully saturated rings. The molecule has 1 saturated heterocycles. The molecule has 1 aromatic heterocycles. The zero-order valence-electron chi connectivity index (χ0n) is 12.8. The molecule has 0 unspecified atom stereocenters. The van der Waals surface area contributed by atoms with E-state index in [1.54, 1.807) is 17.0 Å². The number of carbonyl (C=O) groups is 1. The molecular weight excluding hydrogens is 283 g/mol. The summed E-state index contributed by atoms with van der Waals surface area (Å²) in [4.78, 5) is 14.5. The van der Waals surface area contributed by atoms with Gasteiger partial charge in [0.05, 0.1) is 24.8 Å². The predicted octanol–water partition coefficient (Wildman–Crippen LogP) is 2.69. The summed E-state index contributed by atoms with van der Waals surface area (Å²) >= 11 is 0. The standard InChI is InChI=1S/C17H19FN2O2/c1-12-5-6-14(18)13(10-12)17(21)20-8-9-22-11-16(20)15-4-3-7-19(15)2/h3-7,10,16H,8-9,11H2,1-2H3/t16-/m1/s1. The first-order chi connectivity index (χ1) is 10.6. The number of amides is 1. The van der Waals surface area contributed by atoms with Crippen molar-refractivity contribution in [2.45, 2.75) is 13.0 Å². The van der Waals surface area contributed by atoms with Crippen molar-refractivity contribution in [2.24, 2.45) is 7.05 Å². The third-order valence-corrected chi connectivity index (χ3v) is 4.07. The third kappa shape index (κ3) is 2.64. The molecule has 1 aliphatic rings. The second kappa shape index (κ2) is 5.93. The zero-order chi connectivity index (χ0) is 15.7. The number of nitrogens with zero attached hydrogens (tertiary/aromatic N) is 2. The van der Waals surface area contributed by atoms with Crippen molar-refractivity contribution in [2.75, 3.05) is 19.8 Å². The molecule has 1 aromatic carbocycles. The molecule has 5 heteroatoms. The van der Waals surface area contributed by atoms with E-state index in [0.29, 0.717) is 19.8 Å². The van der Waals surface area contributed by atoms with E-state index in [9.17, 15) is 9.18 Å². The number of ether oxygens (including phenoxy) is 1. The van der Waals surface area contributed by atoms with Crippen LogP contribution < -0.4 is 0 Å². The molecule has 0 bridgehead atoms. The van der Waals surface area contributed by atoms with E-state index in [1.807, 2.05) is 36.9 Å². The molecule has 4 nitrogen and oxygen atoms in total. The lowest BCUT2D eigenvalue weighted by Crippen LogP contribution is -2.44.